The molecule has 1 N–H and O–H groups in total. The zero-order chi connectivity index (χ0) is 13.5. The zero-order valence-electron chi connectivity index (χ0n) is 11.4. The highest BCUT2D eigenvalue weighted by Gasteiger charge is 2.03. The largest absolute Gasteiger partial charge is 0.383 e. The van der Waals surface area contributed by atoms with Gasteiger partial charge in [-0.05, 0) is 6.92 Å². The lowest BCUT2D eigenvalue weighted by Gasteiger charge is -2.02. The van der Waals surface area contributed by atoms with Crippen molar-refractivity contribution < 1.29 is 4.74 Å². The van der Waals surface area contributed by atoms with Crippen molar-refractivity contribution in [1.29, 1.82) is 0 Å². The number of methoxy groups -OCH3 is 1. The minimum absolute atomic E-state index is 0.728. The molecule has 0 atom stereocenters. The molecule has 0 bridgehead atoms. The molecule has 0 unspecified atom stereocenters. The standard InChI is InChI=1S/C13H20N4OS/c1-11-13(19-10-16-11)3-5-17-8-12(15-9-17)7-14-4-6-18-2/h8-10,14H,3-7H2,1-2H3. The average Bonchev–Trinajstić information content (AvgIpc) is 3.01. The molecule has 5 nitrogen and oxygen atoms in total. The number of aryl methyl sites for hydroxylation is 3. The van der Waals surface area contributed by atoms with Crippen molar-refractivity contribution >= 4 is 11.3 Å². The monoisotopic (exact) mass is 280 g/mol. The molecule has 0 fully saturated rings. The molecule has 0 aliphatic carbocycles. The van der Waals surface area contributed by atoms with Crippen LogP contribution in [-0.2, 0) is 24.2 Å². The van der Waals surface area contributed by atoms with E-state index in [1.54, 1.807) is 18.4 Å². The SMILES string of the molecule is COCCNCc1cn(CCc2scnc2C)cn1. The molecule has 0 spiro atoms. The Kier molecular flexibility index (Phi) is 5.50. The van der Waals surface area contributed by atoms with Crippen LogP contribution in [0, 0.1) is 6.92 Å². The van der Waals surface area contributed by atoms with E-state index in [9.17, 15) is 0 Å². The van der Waals surface area contributed by atoms with Gasteiger partial charge in [-0.25, -0.2) is 9.97 Å². The number of aromatic nitrogens is 3. The van der Waals surface area contributed by atoms with E-state index in [4.69, 9.17) is 4.74 Å². The number of rotatable bonds is 8. The molecular formula is C13H20N4OS. The molecule has 0 amide bonds. The van der Waals surface area contributed by atoms with Gasteiger partial charge in [0.25, 0.3) is 0 Å². The van der Waals surface area contributed by atoms with Crippen LogP contribution in [0.1, 0.15) is 16.3 Å². The third kappa shape index (κ3) is 4.41. The lowest BCUT2D eigenvalue weighted by molar-refractivity contribution is 0.199. The van der Waals surface area contributed by atoms with Gasteiger partial charge in [-0.1, -0.05) is 0 Å². The van der Waals surface area contributed by atoms with Crippen LogP contribution >= 0.6 is 11.3 Å². The fraction of sp³-hybridized carbons (Fsp3) is 0.538. The van der Waals surface area contributed by atoms with Gasteiger partial charge in [0, 0.05) is 44.2 Å². The summed E-state index contributed by atoms with van der Waals surface area (Å²) in [5, 5.41) is 3.29. The highest BCUT2D eigenvalue weighted by atomic mass is 32.1. The van der Waals surface area contributed by atoms with E-state index >= 15 is 0 Å². The highest BCUT2D eigenvalue weighted by Crippen LogP contribution is 2.13. The first-order valence-corrected chi connectivity index (χ1v) is 7.27. The Morgan fingerprint density at radius 1 is 1.42 bits per heavy atom. The number of ether oxygens (including phenoxy) is 1. The molecule has 0 aliphatic rings. The number of imidazole rings is 1. The second-order valence-electron chi connectivity index (χ2n) is 4.38. The van der Waals surface area contributed by atoms with Crippen LogP contribution < -0.4 is 5.32 Å². The summed E-state index contributed by atoms with van der Waals surface area (Å²) in [6, 6.07) is 0. The van der Waals surface area contributed by atoms with Gasteiger partial charge in [-0.15, -0.1) is 11.3 Å². The quantitative estimate of drug-likeness (QED) is 0.747. The molecule has 0 saturated carbocycles. The van der Waals surface area contributed by atoms with Crippen molar-refractivity contribution in [3.05, 3.63) is 34.3 Å². The van der Waals surface area contributed by atoms with E-state index in [2.05, 4.69) is 33.0 Å². The summed E-state index contributed by atoms with van der Waals surface area (Å²) in [7, 11) is 1.71. The fourth-order valence-corrected chi connectivity index (χ4v) is 2.58. The van der Waals surface area contributed by atoms with E-state index in [0.29, 0.717) is 0 Å². The van der Waals surface area contributed by atoms with Crippen LogP contribution in [0.4, 0.5) is 0 Å². The Labute approximate surface area is 117 Å². The molecular weight excluding hydrogens is 260 g/mol. The van der Waals surface area contributed by atoms with Crippen LogP contribution in [0.15, 0.2) is 18.0 Å². The number of thiazole rings is 1. The lowest BCUT2D eigenvalue weighted by atomic mass is 10.3. The van der Waals surface area contributed by atoms with Crippen LogP contribution in [0.2, 0.25) is 0 Å². The van der Waals surface area contributed by atoms with Crippen molar-refractivity contribution in [2.45, 2.75) is 26.4 Å². The van der Waals surface area contributed by atoms with E-state index in [1.165, 1.54) is 4.88 Å². The van der Waals surface area contributed by atoms with Crippen molar-refractivity contribution in [1.82, 2.24) is 19.9 Å². The second kappa shape index (κ2) is 7.37. The van der Waals surface area contributed by atoms with Crippen LogP contribution in [0.5, 0.6) is 0 Å². The maximum atomic E-state index is 4.98. The third-order valence-electron chi connectivity index (χ3n) is 2.92. The van der Waals surface area contributed by atoms with Crippen LogP contribution in [0.25, 0.3) is 0 Å². The van der Waals surface area contributed by atoms with E-state index in [0.717, 1.165) is 44.0 Å². The summed E-state index contributed by atoms with van der Waals surface area (Å²) in [6.07, 6.45) is 5.00. The topological polar surface area (TPSA) is 52.0 Å². The van der Waals surface area contributed by atoms with E-state index in [-0.39, 0.29) is 0 Å². The second-order valence-corrected chi connectivity index (χ2v) is 5.32. The maximum absolute atomic E-state index is 4.98. The van der Waals surface area contributed by atoms with Crippen LogP contribution in [0.3, 0.4) is 0 Å². The van der Waals surface area contributed by atoms with Crippen molar-refractivity contribution in [2.75, 3.05) is 20.3 Å². The Hall–Kier alpha value is -1.24. The first-order chi connectivity index (χ1) is 9.29. The molecule has 2 aromatic heterocycles. The molecule has 2 rings (SSSR count). The van der Waals surface area contributed by atoms with Gasteiger partial charge < -0.3 is 14.6 Å². The van der Waals surface area contributed by atoms with Crippen molar-refractivity contribution in [3.63, 3.8) is 0 Å². The van der Waals surface area contributed by atoms with Gasteiger partial charge >= 0.3 is 0 Å². The molecule has 0 aromatic carbocycles. The number of hydrogen-bond donors (Lipinski definition) is 1. The fourth-order valence-electron chi connectivity index (χ4n) is 1.81. The normalized spacial score (nSPS) is 11.1. The number of nitrogens with one attached hydrogen (secondary N) is 1. The Balaban J connectivity index is 1.76. The number of nitrogens with zero attached hydrogens (tertiary/aromatic N) is 3. The predicted molar refractivity (Wildman–Crippen MR) is 76.4 cm³/mol. The summed E-state index contributed by atoms with van der Waals surface area (Å²) in [6.45, 7) is 5.38. The van der Waals surface area contributed by atoms with Gasteiger partial charge in [0.1, 0.15) is 0 Å². The molecule has 0 aliphatic heterocycles. The van der Waals surface area contributed by atoms with E-state index < -0.39 is 0 Å². The molecule has 2 aromatic rings. The van der Waals surface area contributed by atoms with Crippen molar-refractivity contribution in [2.24, 2.45) is 0 Å². The smallest absolute Gasteiger partial charge is 0.0950 e. The Morgan fingerprint density at radius 3 is 3.05 bits per heavy atom. The van der Waals surface area contributed by atoms with Crippen molar-refractivity contribution in [3.8, 4) is 0 Å². The summed E-state index contributed by atoms with van der Waals surface area (Å²) >= 11 is 1.72. The van der Waals surface area contributed by atoms with Gasteiger partial charge in [-0.2, -0.15) is 0 Å². The van der Waals surface area contributed by atoms with Crippen LogP contribution in [-0.4, -0.2) is 34.8 Å². The average molecular weight is 280 g/mol. The Morgan fingerprint density at radius 2 is 2.32 bits per heavy atom. The summed E-state index contributed by atoms with van der Waals surface area (Å²) in [4.78, 5) is 10.0. The highest BCUT2D eigenvalue weighted by molar-refractivity contribution is 7.09. The first-order valence-electron chi connectivity index (χ1n) is 6.39. The predicted octanol–water partition coefficient (Wildman–Crippen LogP) is 1.63. The van der Waals surface area contributed by atoms with Gasteiger partial charge in [0.2, 0.25) is 0 Å². The molecule has 19 heavy (non-hydrogen) atoms. The minimum Gasteiger partial charge on any atom is -0.383 e. The van der Waals surface area contributed by atoms with Gasteiger partial charge in [0.05, 0.1) is 29.8 Å². The zero-order valence-corrected chi connectivity index (χ0v) is 12.2. The molecule has 0 saturated heterocycles. The minimum atomic E-state index is 0.728. The Bertz CT molecular complexity index is 494. The van der Waals surface area contributed by atoms with Gasteiger partial charge in [0.15, 0.2) is 0 Å². The molecule has 104 valence electrons. The summed E-state index contributed by atoms with van der Waals surface area (Å²) < 4.78 is 7.11. The first kappa shape index (κ1) is 14.2. The third-order valence-corrected chi connectivity index (χ3v) is 3.91. The summed E-state index contributed by atoms with van der Waals surface area (Å²) in [5.41, 5.74) is 4.12. The van der Waals surface area contributed by atoms with Gasteiger partial charge in [-0.3, -0.25) is 0 Å². The molecule has 0 radical (unpaired) electrons. The molecule has 6 heteroatoms. The van der Waals surface area contributed by atoms with E-state index in [1.807, 2.05) is 11.8 Å². The number of hydrogen-bond acceptors (Lipinski definition) is 5. The molecule has 2 heterocycles. The summed E-state index contributed by atoms with van der Waals surface area (Å²) in [5.74, 6) is 0. The lowest BCUT2D eigenvalue weighted by Crippen LogP contribution is -2.18. The maximum Gasteiger partial charge on any atom is 0.0950 e.